The molecule has 0 saturated carbocycles. The van der Waals surface area contributed by atoms with Gasteiger partial charge in [0, 0.05) is 21.3 Å². The van der Waals surface area contributed by atoms with Gasteiger partial charge in [0.1, 0.15) is 11.6 Å². The molecule has 0 bridgehead atoms. The summed E-state index contributed by atoms with van der Waals surface area (Å²) in [7, 11) is 0. The topological polar surface area (TPSA) is 26.0 Å². The van der Waals surface area contributed by atoms with Gasteiger partial charge >= 0.3 is 0 Å². The largest absolute Gasteiger partial charge is 0.396 e. The van der Waals surface area contributed by atoms with Crippen molar-refractivity contribution in [2.45, 2.75) is 9.79 Å². The van der Waals surface area contributed by atoms with Gasteiger partial charge in [0.25, 0.3) is 0 Å². The van der Waals surface area contributed by atoms with Crippen LogP contribution >= 0.6 is 23.5 Å². The van der Waals surface area contributed by atoms with Gasteiger partial charge in [-0.3, -0.25) is 0 Å². The SMILES string of the molecule is Nc1ccc(SCCSc2ccccc2F)cc1F. The zero-order chi connectivity index (χ0) is 13.7. The molecule has 0 aliphatic rings. The van der Waals surface area contributed by atoms with E-state index in [1.54, 1.807) is 24.3 Å². The lowest BCUT2D eigenvalue weighted by molar-refractivity contribution is 0.602. The first-order chi connectivity index (χ1) is 9.16. The highest BCUT2D eigenvalue weighted by Crippen LogP contribution is 2.26. The fraction of sp³-hybridized carbons (Fsp3) is 0.143. The van der Waals surface area contributed by atoms with Crippen LogP contribution in [0.2, 0.25) is 0 Å². The maximum Gasteiger partial charge on any atom is 0.147 e. The van der Waals surface area contributed by atoms with E-state index < -0.39 is 5.82 Å². The van der Waals surface area contributed by atoms with Gasteiger partial charge in [0.15, 0.2) is 0 Å². The number of benzene rings is 2. The Morgan fingerprint density at radius 3 is 2.37 bits per heavy atom. The Morgan fingerprint density at radius 2 is 1.63 bits per heavy atom. The number of nitrogens with two attached hydrogens (primary N) is 1. The molecule has 100 valence electrons. The van der Waals surface area contributed by atoms with Crippen molar-refractivity contribution in [1.82, 2.24) is 0 Å². The zero-order valence-electron chi connectivity index (χ0n) is 10.1. The average molecular weight is 297 g/mol. The van der Waals surface area contributed by atoms with Crippen LogP contribution < -0.4 is 5.73 Å². The number of anilines is 1. The van der Waals surface area contributed by atoms with Gasteiger partial charge < -0.3 is 5.73 Å². The van der Waals surface area contributed by atoms with E-state index in [0.717, 1.165) is 16.4 Å². The van der Waals surface area contributed by atoms with E-state index >= 15 is 0 Å². The first kappa shape index (κ1) is 14.2. The summed E-state index contributed by atoms with van der Waals surface area (Å²) in [6, 6.07) is 11.5. The van der Waals surface area contributed by atoms with Crippen molar-refractivity contribution in [2.75, 3.05) is 17.2 Å². The minimum absolute atomic E-state index is 0.157. The van der Waals surface area contributed by atoms with Gasteiger partial charge in [0.2, 0.25) is 0 Å². The molecule has 2 aromatic carbocycles. The lowest BCUT2D eigenvalue weighted by Gasteiger charge is -2.04. The third-order valence-corrected chi connectivity index (χ3v) is 4.72. The van der Waals surface area contributed by atoms with Crippen LogP contribution in [0.5, 0.6) is 0 Å². The first-order valence-corrected chi connectivity index (χ1v) is 7.69. The molecule has 0 heterocycles. The maximum absolute atomic E-state index is 13.3. The molecular weight excluding hydrogens is 284 g/mol. The smallest absolute Gasteiger partial charge is 0.147 e. The molecule has 0 radical (unpaired) electrons. The second-order valence-electron chi connectivity index (χ2n) is 3.81. The van der Waals surface area contributed by atoms with Crippen LogP contribution in [0.4, 0.5) is 14.5 Å². The van der Waals surface area contributed by atoms with Gasteiger partial charge in [-0.15, -0.1) is 23.5 Å². The van der Waals surface area contributed by atoms with E-state index in [0.29, 0.717) is 4.90 Å². The molecule has 2 aromatic rings. The molecule has 0 unspecified atom stereocenters. The van der Waals surface area contributed by atoms with Crippen molar-refractivity contribution in [3.63, 3.8) is 0 Å². The molecule has 2 N–H and O–H groups in total. The van der Waals surface area contributed by atoms with Crippen molar-refractivity contribution in [1.29, 1.82) is 0 Å². The van der Waals surface area contributed by atoms with Crippen LogP contribution in [-0.4, -0.2) is 11.5 Å². The number of nitrogen functional groups attached to an aromatic ring is 1. The van der Waals surface area contributed by atoms with E-state index in [2.05, 4.69) is 0 Å². The van der Waals surface area contributed by atoms with Crippen molar-refractivity contribution < 1.29 is 8.78 Å². The number of rotatable bonds is 5. The summed E-state index contributed by atoms with van der Waals surface area (Å²) in [5.74, 6) is 0.947. The van der Waals surface area contributed by atoms with Crippen molar-refractivity contribution in [2.24, 2.45) is 0 Å². The second-order valence-corrected chi connectivity index (χ2v) is 6.12. The molecule has 0 fully saturated rings. The Labute approximate surface area is 119 Å². The van der Waals surface area contributed by atoms with Crippen molar-refractivity contribution in [3.8, 4) is 0 Å². The Hall–Kier alpha value is -1.20. The van der Waals surface area contributed by atoms with Gasteiger partial charge in [-0.2, -0.15) is 0 Å². The molecule has 0 atom stereocenters. The van der Waals surface area contributed by atoms with Gasteiger partial charge in [0.05, 0.1) is 5.69 Å². The van der Waals surface area contributed by atoms with Crippen molar-refractivity contribution >= 4 is 29.2 Å². The maximum atomic E-state index is 13.3. The predicted octanol–water partition coefficient (Wildman–Crippen LogP) is 4.43. The summed E-state index contributed by atoms with van der Waals surface area (Å²) in [4.78, 5) is 1.48. The lowest BCUT2D eigenvalue weighted by atomic mass is 10.3. The average Bonchev–Trinajstić information content (AvgIpc) is 2.40. The second kappa shape index (κ2) is 6.82. The molecule has 5 heteroatoms. The highest BCUT2D eigenvalue weighted by molar-refractivity contribution is 8.03. The van der Waals surface area contributed by atoms with Crippen LogP contribution in [0.15, 0.2) is 52.3 Å². The van der Waals surface area contributed by atoms with Gasteiger partial charge in [-0.1, -0.05) is 12.1 Å². The van der Waals surface area contributed by atoms with Gasteiger partial charge in [-0.25, -0.2) is 8.78 Å². The summed E-state index contributed by atoms with van der Waals surface area (Å²) in [5, 5.41) is 0. The zero-order valence-corrected chi connectivity index (χ0v) is 11.7. The molecule has 0 saturated heterocycles. The van der Waals surface area contributed by atoms with Crippen LogP contribution in [0, 0.1) is 11.6 Å². The van der Waals surface area contributed by atoms with Gasteiger partial charge in [-0.05, 0) is 30.3 Å². The van der Waals surface area contributed by atoms with E-state index in [9.17, 15) is 8.78 Å². The third kappa shape index (κ3) is 4.14. The fourth-order valence-electron chi connectivity index (χ4n) is 1.47. The normalized spacial score (nSPS) is 10.6. The summed E-state index contributed by atoms with van der Waals surface area (Å²) < 4.78 is 26.6. The Morgan fingerprint density at radius 1 is 0.895 bits per heavy atom. The fourth-order valence-corrected chi connectivity index (χ4v) is 3.32. The Bertz CT molecular complexity index is 561. The number of hydrogen-bond acceptors (Lipinski definition) is 3. The van der Waals surface area contributed by atoms with Crippen LogP contribution in [0.1, 0.15) is 0 Å². The van der Waals surface area contributed by atoms with Crippen LogP contribution in [-0.2, 0) is 0 Å². The highest BCUT2D eigenvalue weighted by atomic mass is 32.2. The molecule has 0 amide bonds. The molecular formula is C14H13F2NS2. The summed E-state index contributed by atoms with van der Waals surface area (Å²) >= 11 is 2.99. The molecule has 1 nitrogen and oxygen atoms in total. The summed E-state index contributed by atoms with van der Waals surface area (Å²) in [5.41, 5.74) is 5.56. The molecule has 0 aliphatic carbocycles. The quantitative estimate of drug-likeness (QED) is 0.502. The molecule has 0 aliphatic heterocycles. The summed E-state index contributed by atoms with van der Waals surface area (Å²) in [6.45, 7) is 0. The molecule has 2 rings (SSSR count). The predicted molar refractivity (Wildman–Crippen MR) is 78.7 cm³/mol. The van der Waals surface area contributed by atoms with E-state index in [1.807, 2.05) is 6.07 Å². The lowest BCUT2D eigenvalue weighted by Crippen LogP contribution is -1.91. The van der Waals surface area contributed by atoms with Crippen LogP contribution in [0.3, 0.4) is 0 Å². The highest BCUT2D eigenvalue weighted by Gasteiger charge is 2.03. The number of hydrogen-bond donors (Lipinski definition) is 1. The molecule has 19 heavy (non-hydrogen) atoms. The monoisotopic (exact) mass is 297 g/mol. The third-order valence-electron chi connectivity index (χ3n) is 2.42. The van der Waals surface area contributed by atoms with Crippen LogP contribution in [0.25, 0.3) is 0 Å². The number of halogens is 2. The van der Waals surface area contributed by atoms with E-state index in [1.165, 1.54) is 35.7 Å². The molecule has 0 spiro atoms. The Kier molecular flexibility index (Phi) is 5.10. The Balaban J connectivity index is 1.81. The minimum Gasteiger partial charge on any atom is -0.396 e. The summed E-state index contributed by atoms with van der Waals surface area (Å²) in [6.07, 6.45) is 0. The van der Waals surface area contributed by atoms with E-state index in [4.69, 9.17) is 5.73 Å². The molecule has 0 aromatic heterocycles. The minimum atomic E-state index is -0.397. The first-order valence-electron chi connectivity index (χ1n) is 5.72. The van der Waals surface area contributed by atoms with E-state index in [-0.39, 0.29) is 11.5 Å². The number of thioether (sulfide) groups is 2. The van der Waals surface area contributed by atoms with Crippen molar-refractivity contribution in [3.05, 3.63) is 54.1 Å². The standard InChI is InChI=1S/C14H13F2NS2/c15-11-3-1-2-4-14(11)19-8-7-18-10-5-6-13(17)12(16)9-10/h1-6,9H,7-8,17H2.